The molecule has 0 aromatic heterocycles. The molecule has 0 saturated heterocycles. The Labute approximate surface area is 119 Å². The topological polar surface area (TPSA) is 63.6 Å². The van der Waals surface area contributed by atoms with E-state index in [0.29, 0.717) is 16.9 Å². The van der Waals surface area contributed by atoms with Crippen LogP contribution in [0.5, 0.6) is 5.75 Å². The van der Waals surface area contributed by atoms with Gasteiger partial charge >= 0.3 is 0 Å². The summed E-state index contributed by atoms with van der Waals surface area (Å²) in [6.45, 7) is 5.85. The SMILES string of the molecule is COc1ccc(C(C)C)cc2c(S(=O)(=O)O)cc(C)c1-2. The summed E-state index contributed by atoms with van der Waals surface area (Å²) in [7, 11) is -2.72. The summed E-state index contributed by atoms with van der Waals surface area (Å²) in [4.78, 5) is -0.0681. The van der Waals surface area contributed by atoms with E-state index < -0.39 is 10.1 Å². The van der Waals surface area contributed by atoms with E-state index >= 15 is 0 Å². The summed E-state index contributed by atoms with van der Waals surface area (Å²) < 4.78 is 37.9. The van der Waals surface area contributed by atoms with Crippen molar-refractivity contribution in [1.82, 2.24) is 0 Å². The lowest BCUT2D eigenvalue weighted by atomic mass is 10.0. The zero-order valence-corrected chi connectivity index (χ0v) is 12.8. The molecule has 0 aliphatic heterocycles. The third-order valence-electron chi connectivity index (χ3n) is 3.43. The fourth-order valence-corrected chi connectivity index (χ4v) is 3.13. The van der Waals surface area contributed by atoms with Crippen molar-refractivity contribution in [2.75, 3.05) is 7.11 Å². The molecule has 0 atom stereocenters. The Balaban J connectivity index is 2.90. The van der Waals surface area contributed by atoms with Crippen LogP contribution in [-0.4, -0.2) is 20.1 Å². The van der Waals surface area contributed by atoms with Crippen molar-refractivity contribution in [3.63, 3.8) is 0 Å². The smallest absolute Gasteiger partial charge is 0.295 e. The molecule has 0 saturated carbocycles. The Kier molecular flexibility index (Phi) is 3.75. The average Bonchev–Trinajstić information content (AvgIpc) is 2.57. The van der Waals surface area contributed by atoms with Crippen LogP contribution in [0.2, 0.25) is 0 Å². The predicted octanol–water partition coefficient (Wildman–Crippen LogP) is 3.48. The zero-order chi connectivity index (χ0) is 15.1. The van der Waals surface area contributed by atoms with Gasteiger partial charge in [-0.1, -0.05) is 19.9 Å². The summed E-state index contributed by atoms with van der Waals surface area (Å²) in [5.41, 5.74) is 2.95. The molecule has 1 N–H and O–H groups in total. The summed E-state index contributed by atoms with van der Waals surface area (Å²) in [6, 6.07) is 7.03. The van der Waals surface area contributed by atoms with Crippen LogP contribution >= 0.6 is 0 Å². The molecule has 0 radical (unpaired) electrons. The van der Waals surface area contributed by atoms with E-state index in [0.717, 1.165) is 11.1 Å². The van der Waals surface area contributed by atoms with Gasteiger partial charge in [-0.05, 0) is 42.2 Å². The zero-order valence-electron chi connectivity index (χ0n) is 12.0. The molecule has 0 unspecified atom stereocenters. The minimum atomic E-state index is -4.26. The van der Waals surface area contributed by atoms with Crippen LogP contribution in [0.1, 0.15) is 30.9 Å². The molecule has 2 aliphatic rings. The quantitative estimate of drug-likeness (QED) is 0.880. The second kappa shape index (κ2) is 5.07. The highest BCUT2D eigenvalue weighted by molar-refractivity contribution is 7.86. The van der Waals surface area contributed by atoms with Gasteiger partial charge in [-0.25, -0.2) is 0 Å². The van der Waals surface area contributed by atoms with E-state index in [-0.39, 0.29) is 10.8 Å². The largest absolute Gasteiger partial charge is 0.496 e. The van der Waals surface area contributed by atoms with Crippen molar-refractivity contribution >= 4 is 10.1 Å². The van der Waals surface area contributed by atoms with Crippen molar-refractivity contribution in [1.29, 1.82) is 0 Å². The first-order valence-corrected chi connectivity index (χ1v) is 7.78. The van der Waals surface area contributed by atoms with E-state index in [1.165, 1.54) is 6.07 Å². The number of ether oxygens (including phenoxy) is 1. The Bertz CT molecular complexity index is 717. The van der Waals surface area contributed by atoms with Gasteiger partial charge in [-0.15, -0.1) is 0 Å². The molecular formula is C15H18O4S. The molecule has 0 aromatic rings. The maximum Gasteiger partial charge on any atom is 0.295 e. The lowest BCUT2D eigenvalue weighted by Gasteiger charge is -2.05. The average molecular weight is 294 g/mol. The predicted molar refractivity (Wildman–Crippen MR) is 78.3 cm³/mol. The standard InChI is InChI=1S/C15H18O4S/c1-9(2)11-5-6-13(19-4)15-10(3)7-14(12(15)8-11)20(16,17)18/h5-9H,1-4H3,(H,16,17,18). The summed E-state index contributed by atoms with van der Waals surface area (Å²) in [5.74, 6) is 0.832. The second-order valence-corrected chi connectivity index (χ2v) is 6.55. The molecule has 108 valence electrons. The fraction of sp³-hybridized carbons (Fsp3) is 0.333. The van der Waals surface area contributed by atoms with Gasteiger partial charge < -0.3 is 4.74 Å². The number of aryl methyl sites for hydroxylation is 1. The molecule has 0 spiro atoms. The van der Waals surface area contributed by atoms with Crippen LogP contribution in [0.25, 0.3) is 11.1 Å². The van der Waals surface area contributed by atoms with Gasteiger partial charge in [-0.3, -0.25) is 4.55 Å². The Morgan fingerprint density at radius 2 is 1.85 bits per heavy atom. The molecule has 4 nitrogen and oxygen atoms in total. The van der Waals surface area contributed by atoms with E-state index in [4.69, 9.17) is 4.74 Å². The van der Waals surface area contributed by atoms with Crippen molar-refractivity contribution < 1.29 is 17.7 Å². The van der Waals surface area contributed by atoms with E-state index in [9.17, 15) is 13.0 Å². The maximum absolute atomic E-state index is 11.6. The van der Waals surface area contributed by atoms with Gasteiger partial charge in [0.25, 0.3) is 10.1 Å². The first-order valence-electron chi connectivity index (χ1n) is 6.34. The van der Waals surface area contributed by atoms with Crippen molar-refractivity contribution in [2.45, 2.75) is 31.6 Å². The van der Waals surface area contributed by atoms with E-state index in [2.05, 4.69) is 0 Å². The van der Waals surface area contributed by atoms with Crippen LogP contribution in [0, 0.1) is 6.92 Å². The minimum Gasteiger partial charge on any atom is -0.496 e. The molecule has 0 bridgehead atoms. The Morgan fingerprint density at radius 1 is 1.20 bits per heavy atom. The Hall–Kier alpha value is -1.59. The van der Waals surface area contributed by atoms with Crippen molar-refractivity contribution in [3.8, 4) is 16.9 Å². The summed E-state index contributed by atoms with van der Waals surface area (Å²) >= 11 is 0. The highest BCUT2D eigenvalue weighted by atomic mass is 32.2. The number of fused-ring (bicyclic) bond motifs is 1. The molecular weight excluding hydrogens is 276 g/mol. The molecule has 0 amide bonds. The summed E-state index contributed by atoms with van der Waals surface area (Å²) in [6.07, 6.45) is 0. The molecule has 20 heavy (non-hydrogen) atoms. The van der Waals surface area contributed by atoms with Gasteiger partial charge in [0.1, 0.15) is 10.6 Å². The van der Waals surface area contributed by atoms with Gasteiger partial charge in [0.15, 0.2) is 0 Å². The lowest BCUT2D eigenvalue weighted by Crippen LogP contribution is -1.97. The number of methoxy groups -OCH3 is 1. The summed E-state index contributed by atoms with van der Waals surface area (Å²) in [5, 5.41) is 0. The van der Waals surface area contributed by atoms with Crippen molar-refractivity contribution in [2.24, 2.45) is 0 Å². The lowest BCUT2D eigenvalue weighted by molar-refractivity contribution is 0.416. The van der Waals surface area contributed by atoms with Gasteiger partial charge in [-0.2, -0.15) is 8.42 Å². The van der Waals surface area contributed by atoms with Crippen LogP contribution in [0.3, 0.4) is 0 Å². The minimum absolute atomic E-state index is 0.0681. The normalized spacial score (nSPS) is 12.1. The highest BCUT2D eigenvalue weighted by Crippen LogP contribution is 2.41. The molecule has 5 heteroatoms. The van der Waals surface area contributed by atoms with Crippen molar-refractivity contribution in [3.05, 3.63) is 35.4 Å². The molecule has 0 heterocycles. The Morgan fingerprint density at radius 3 is 2.35 bits per heavy atom. The van der Waals surface area contributed by atoms with E-state index in [1.54, 1.807) is 20.1 Å². The number of hydrogen-bond acceptors (Lipinski definition) is 3. The van der Waals surface area contributed by atoms with Gasteiger partial charge in [0.2, 0.25) is 0 Å². The fourth-order valence-electron chi connectivity index (χ4n) is 2.37. The van der Waals surface area contributed by atoms with Gasteiger partial charge in [0, 0.05) is 11.1 Å². The van der Waals surface area contributed by atoms with Crippen LogP contribution < -0.4 is 4.74 Å². The third kappa shape index (κ3) is 2.51. The number of rotatable bonds is 3. The van der Waals surface area contributed by atoms with Crippen LogP contribution in [0.4, 0.5) is 0 Å². The second-order valence-electron chi connectivity index (χ2n) is 5.16. The molecule has 2 aliphatic carbocycles. The maximum atomic E-state index is 11.6. The van der Waals surface area contributed by atoms with Gasteiger partial charge in [0.05, 0.1) is 7.11 Å². The molecule has 0 fully saturated rings. The first kappa shape index (κ1) is 14.8. The first-order chi connectivity index (χ1) is 9.25. The number of hydrogen-bond donors (Lipinski definition) is 1. The molecule has 2 rings (SSSR count). The van der Waals surface area contributed by atoms with Crippen LogP contribution in [0.15, 0.2) is 29.2 Å². The third-order valence-corrected chi connectivity index (χ3v) is 4.32. The highest BCUT2D eigenvalue weighted by Gasteiger charge is 2.24. The monoisotopic (exact) mass is 294 g/mol. The van der Waals surface area contributed by atoms with Crippen LogP contribution in [-0.2, 0) is 10.1 Å². The molecule has 0 aromatic carbocycles. The van der Waals surface area contributed by atoms with E-state index in [1.807, 2.05) is 26.0 Å².